The van der Waals surface area contributed by atoms with Gasteiger partial charge in [0.2, 0.25) is 0 Å². The predicted octanol–water partition coefficient (Wildman–Crippen LogP) is -3.44. The van der Waals surface area contributed by atoms with Crippen LogP contribution in [0, 0.1) is 0 Å². The number of aliphatic hydroxyl groups excluding tert-OH is 7. The van der Waals surface area contributed by atoms with Crippen LogP contribution in [0.1, 0.15) is 48.0 Å². The molecule has 6 unspecified atom stereocenters. The summed E-state index contributed by atoms with van der Waals surface area (Å²) in [4.78, 5) is 36.7. The average Bonchev–Trinajstić information content (AvgIpc) is 3.01. The first-order valence-corrected chi connectivity index (χ1v) is 16.6. The molecule has 308 valence electrons. The quantitative estimate of drug-likeness (QED) is 0.108. The van der Waals surface area contributed by atoms with Crippen LogP contribution in [0.5, 0.6) is 0 Å². The summed E-state index contributed by atoms with van der Waals surface area (Å²) in [6.07, 6.45) is -30.2. The van der Waals surface area contributed by atoms with E-state index in [0.717, 1.165) is 0 Å². The molecule has 0 bridgehead atoms. The van der Waals surface area contributed by atoms with Crippen molar-refractivity contribution in [3.05, 3.63) is 0 Å². The second-order valence-corrected chi connectivity index (χ2v) is 14.9. The summed E-state index contributed by atoms with van der Waals surface area (Å²) in [6, 6.07) is -4.68. The highest BCUT2D eigenvalue weighted by Gasteiger charge is 2.54. The third kappa shape index (κ3) is 11.9. The number of amides is 3. The van der Waals surface area contributed by atoms with Gasteiger partial charge < -0.3 is 85.9 Å². The minimum atomic E-state index is -5.42. The normalized spacial score (nSPS) is 38.4. The van der Waals surface area contributed by atoms with E-state index in [9.17, 15) is 63.3 Å². The van der Waals surface area contributed by atoms with Crippen LogP contribution in [0.2, 0.25) is 0 Å². The van der Waals surface area contributed by atoms with E-state index in [1.54, 1.807) is 41.5 Å². The first kappa shape index (κ1) is 44.7. The van der Waals surface area contributed by atoms with Gasteiger partial charge in [0.25, 0.3) is 0 Å². The van der Waals surface area contributed by atoms with Gasteiger partial charge in [-0.2, -0.15) is 13.2 Å². The molecule has 53 heavy (non-hydrogen) atoms. The van der Waals surface area contributed by atoms with Gasteiger partial charge in [0.15, 0.2) is 12.6 Å². The fourth-order valence-corrected chi connectivity index (χ4v) is 5.81. The van der Waals surface area contributed by atoms with Crippen molar-refractivity contribution < 1.29 is 91.7 Å². The summed E-state index contributed by atoms with van der Waals surface area (Å²) in [5, 5.41) is 80.9. The van der Waals surface area contributed by atoms with E-state index in [0.29, 0.717) is 0 Å². The molecular formula is C30H51F3N4O16. The second-order valence-electron chi connectivity index (χ2n) is 14.9. The van der Waals surface area contributed by atoms with Crippen LogP contribution in [-0.2, 0) is 33.2 Å². The van der Waals surface area contributed by atoms with Gasteiger partial charge in [-0.25, -0.2) is 9.59 Å². The molecule has 2 heterocycles. The van der Waals surface area contributed by atoms with E-state index < -0.39 is 140 Å². The van der Waals surface area contributed by atoms with E-state index in [1.165, 1.54) is 5.32 Å². The van der Waals surface area contributed by atoms with Crippen molar-refractivity contribution in [2.45, 2.75) is 157 Å². The maximum Gasteiger partial charge on any atom is 0.471 e. The molecule has 3 amide bonds. The number of nitrogens with two attached hydrogens (primary N) is 1. The van der Waals surface area contributed by atoms with Crippen LogP contribution < -0.4 is 21.7 Å². The summed E-state index contributed by atoms with van der Waals surface area (Å²) in [6.45, 7) is 8.00. The molecule has 23 heteroatoms. The van der Waals surface area contributed by atoms with Gasteiger partial charge in [0.05, 0.1) is 18.7 Å². The Kier molecular flexibility index (Phi) is 14.7. The summed E-state index contributed by atoms with van der Waals surface area (Å²) < 4.78 is 72.1. The Morgan fingerprint density at radius 1 is 0.717 bits per heavy atom. The summed E-state index contributed by atoms with van der Waals surface area (Å²) in [5.74, 6) is -2.53. The molecule has 3 rings (SSSR count). The number of hydrogen-bond acceptors (Lipinski definition) is 17. The van der Waals surface area contributed by atoms with Crippen LogP contribution in [0.25, 0.3) is 0 Å². The topological polar surface area (TPSA) is 310 Å². The number of aliphatic hydroxyl groups is 7. The molecule has 2 saturated heterocycles. The predicted molar refractivity (Wildman–Crippen MR) is 168 cm³/mol. The number of hydrogen-bond donors (Lipinski definition) is 11. The van der Waals surface area contributed by atoms with Crippen LogP contribution in [0.15, 0.2) is 0 Å². The molecule has 15 atom stereocenters. The van der Waals surface area contributed by atoms with E-state index in [2.05, 4.69) is 10.6 Å². The number of rotatable bonds is 9. The van der Waals surface area contributed by atoms with Crippen LogP contribution >= 0.6 is 0 Å². The van der Waals surface area contributed by atoms with Gasteiger partial charge in [0, 0.05) is 12.6 Å². The molecule has 0 spiro atoms. The van der Waals surface area contributed by atoms with Crippen molar-refractivity contribution in [3.63, 3.8) is 0 Å². The minimum absolute atomic E-state index is 0.327. The van der Waals surface area contributed by atoms with Gasteiger partial charge in [0.1, 0.15) is 72.2 Å². The number of carbonyl (C=O) groups excluding carboxylic acids is 3. The fourth-order valence-electron chi connectivity index (χ4n) is 5.81. The van der Waals surface area contributed by atoms with Gasteiger partial charge in [-0.05, 0) is 48.0 Å². The highest BCUT2D eigenvalue weighted by molar-refractivity contribution is 5.82. The van der Waals surface area contributed by atoms with Crippen LogP contribution in [-0.4, -0.2) is 176 Å². The van der Waals surface area contributed by atoms with Crippen LogP contribution in [0.3, 0.4) is 0 Å². The summed E-state index contributed by atoms with van der Waals surface area (Å²) >= 11 is 0. The van der Waals surface area contributed by atoms with Gasteiger partial charge in [-0.1, -0.05) is 0 Å². The van der Waals surface area contributed by atoms with Crippen molar-refractivity contribution in [1.29, 1.82) is 0 Å². The second kappa shape index (κ2) is 17.4. The Bertz CT molecular complexity index is 1260. The Balaban J connectivity index is 1.89. The first-order valence-electron chi connectivity index (χ1n) is 16.6. The summed E-state index contributed by atoms with van der Waals surface area (Å²) in [7, 11) is 0. The molecule has 20 nitrogen and oxygen atoms in total. The van der Waals surface area contributed by atoms with Gasteiger partial charge >= 0.3 is 24.3 Å². The largest absolute Gasteiger partial charge is 0.471 e. The van der Waals surface area contributed by atoms with E-state index >= 15 is 0 Å². The molecular weight excluding hydrogens is 729 g/mol. The van der Waals surface area contributed by atoms with Gasteiger partial charge in [-0.3, -0.25) is 4.79 Å². The Morgan fingerprint density at radius 3 is 1.79 bits per heavy atom. The lowest BCUT2D eigenvalue weighted by molar-refractivity contribution is -0.333. The molecule has 12 N–H and O–H groups in total. The molecule has 3 fully saturated rings. The van der Waals surface area contributed by atoms with Crippen molar-refractivity contribution in [2.75, 3.05) is 13.2 Å². The molecule has 1 saturated carbocycles. The third-order valence-corrected chi connectivity index (χ3v) is 8.26. The number of nitrogens with one attached hydrogen (secondary N) is 3. The Labute approximate surface area is 302 Å². The number of halogens is 3. The molecule has 0 aromatic heterocycles. The lowest BCUT2D eigenvalue weighted by atomic mass is 9.83. The SMILES string of the molecule is CC(C)(C)OC(=O)NCC1O[C@H](O[C@@H]2C(NC(=O)OC(C)(C)C)C[C@@H](N)[C@@H](O[C@H]3OC(CO)[C@@H](O)[C@@H](NC(=O)C(F)(F)F)C3O)C2O)C(O)[C@@H](O)[C@@H]1O. The number of alkyl halides is 3. The van der Waals surface area contributed by atoms with Crippen molar-refractivity contribution in [2.24, 2.45) is 5.73 Å². The molecule has 0 aromatic rings. The average molecular weight is 781 g/mol. The number of ether oxygens (including phenoxy) is 6. The van der Waals surface area contributed by atoms with Crippen molar-refractivity contribution in [3.8, 4) is 0 Å². The monoisotopic (exact) mass is 780 g/mol. The number of carbonyl (C=O) groups is 3. The zero-order valence-electron chi connectivity index (χ0n) is 29.8. The molecule has 1 aliphatic carbocycles. The molecule has 3 aliphatic rings. The summed E-state index contributed by atoms with van der Waals surface area (Å²) in [5.41, 5.74) is 4.41. The maximum atomic E-state index is 13.0. The lowest BCUT2D eigenvalue weighted by Gasteiger charge is -2.49. The Hall–Kier alpha value is -2.68. The first-order chi connectivity index (χ1) is 24.2. The zero-order chi connectivity index (χ0) is 40.4. The van der Waals surface area contributed by atoms with E-state index in [4.69, 9.17) is 34.2 Å². The van der Waals surface area contributed by atoms with Crippen LogP contribution in [0.4, 0.5) is 22.8 Å². The standard InChI is InChI=1S/C30H51F3N4O16/c1-28(2,3)52-26(46)35-8-12-16(40)18(42)19(43)24(48-12)51-22-11(36-27(47)53-29(4,5)6)7-10(34)21(20(22)44)50-23-17(41)14(15(39)13(9-38)49-23)37-25(45)30(31,32)33/h10-24,38-44H,7-9,34H2,1-6H3,(H,35,46)(H,36,47)(H,37,45)/t10-,11?,12?,13?,14-,15-,16-,17?,18+,19?,20?,21-,22-,23-,24-/m1/s1. The smallest absolute Gasteiger partial charge is 0.444 e. The maximum absolute atomic E-state index is 13.0. The van der Waals surface area contributed by atoms with Gasteiger partial charge in [-0.15, -0.1) is 0 Å². The lowest BCUT2D eigenvalue weighted by Crippen LogP contribution is -2.70. The molecule has 0 aromatic carbocycles. The highest BCUT2D eigenvalue weighted by Crippen LogP contribution is 2.33. The zero-order valence-corrected chi connectivity index (χ0v) is 29.8. The molecule has 2 aliphatic heterocycles. The van der Waals surface area contributed by atoms with Crippen molar-refractivity contribution >= 4 is 18.1 Å². The minimum Gasteiger partial charge on any atom is -0.444 e. The van der Waals surface area contributed by atoms with Crippen molar-refractivity contribution in [1.82, 2.24) is 16.0 Å². The van der Waals surface area contributed by atoms with E-state index in [1.807, 2.05) is 0 Å². The number of alkyl carbamates (subject to hydrolysis) is 2. The molecule has 0 radical (unpaired) electrons. The highest BCUT2D eigenvalue weighted by atomic mass is 19.4. The fraction of sp³-hybridized carbons (Fsp3) is 0.900. The van der Waals surface area contributed by atoms with E-state index in [-0.39, 0.29) is 6.42 Å². The Morgan fingerprint density at radius 2 is 1.25 bits per heavy atom. The third-order valence-electron chi connectivity index (χ3n) is 8.26.